The number of likely N-dealkylation sites (N-methyl/N-ethyl adjacent to an activating group) is 1. The zero-order valence-electron chi connectivity index (χ0n) is 16.8. The lowest BCUT2D eigenvalue weighted by molar-refractivity contribution is -0.0309. The molecule has 1 aromatic carbocycles. The number of hydrogen-bond donors (Lipinski definition) is 0. The van der Waals surface area contributed by atoms with E-state index in [2.05, 4.69) is 106 Å². The maximum atomic E-state index is 6.15. The monoisotopic (exact) mass is 500 g/mol. The number of fused-ring (bicyclic) bond motifs is 1. The Morgan fingerprint density at radius 2 is 2.00 bits per heavy atom. The van der Waals surface area contributed by atoms with Gasteiger partial charge in [0.25, 0.3) is 0 Å². The fraction of sp³-hybridized carbons (Fsp3) is 0.500. The number of hydrazine groups is 1. The van der Waals surface area contributed by atoms with Gasteiger partial charge < -0.3 is 9.64 Å². The molecule has 0 aromatic heterocycles. The number of benzene rings is 1. The highest BCUT2D eigenvalue weighted by molar-refractivity contribution is 14.2. The van der Waals surface area contributed by atoms with Crippen LogP contribution < -0.4 is 0 Å². The first-order valence-corrected chi connectivity index (χ1v) is 12.5. The molecule has 2 heterocycles. The number of nitrogens with zero attached hydrogens (tertiary/aromatic N) is 4. The molecular weight excluding hydrogens is 471 g/mol. The summed E-state index contributed by atoms with van der Waals surface area (Å²) in [6.07, 6.45) is 0. The van der Waals surface area contributed by atoms with E-state index >= 15 is 0 Å². The van der Waals surface area contributed by atoms with Gasteiger partial charge >= 0.3 is 0 Å². The minimum atomic E-state index is 0.213. The lowest BCUT2D eigenvalue weighted by Crippen LogP contribution is -2.53. The number of ether oxygens (including phenoxy) is 1. The Morgan fingerprint density at radius 3 is 2.56 bits per heavy atom. The van der Waals surface area contributed by atoms with Gasteiger partial charge in [-0.25, -0.2) is 9.31 Å². The SMILES string of the molecule is C=C(N(C)C)N1C2CN(SI)C(c3ccc(C)cc3)C2=C(OCC)CN1C. The summed E-state index contributed by atoms with van der Waals surface area (Å²) in [6.45, 7) is 10.9. The second-order valence-corrected chi connectivity index (χ2v) is 9.07. The van der Waals surface area contributed by atoms with Gasteiger partial charge in [-0.05, 0) is 28.5 Å². The fourth-order valence-electron chi connectivity index (χ4n) is 3.92. The second-order valence-electron chi connectivity index (χ2n) is 7.28. The van der Waals surface area contributed by atoms with Crippen LogP contribution in [-0.2, 0) is 4.74 Å². The van der Waals surface area contributed by atoms with Crippen LogP contribution in [-0.4, -0.2) is 66.1 Å². The predicted octanol–water partition coefficient (Wildman–Crippen LogP) is 4.20. The van der Waals surface area contributed by atoms with E-state index < -0.39 is 0 Å². The Kier molecular flexibility index (Phi) is 6.66. The zero-order chi connectivity index (χ0) is 19.7. The molecule has 2 aliphatic rings. The van der Waals surface area contributed by atoms with E-state index in [-0.39, 0.29) is 12.1 Å². The molecule has 0 saturated carbocycles. The van der Waals surface area contributed by atoms with Gasteiger partial charge in [-0.3, -0.25) is 5.01 Å². The van der Waals surface area contributed by atoms with E-state index in [9.17, 15) is 0 Å². The summed E-state index contributed by atoms with van der Waals surface area (Å²) in [6, 6.07) is 9.33. The zero-order valence-corrected chi connectivity index (χ0v) is 19.7. The van der Waals surface area contributed by atoms with E-state index in [1.54, 1.807) is 9.12 Å². The van der Waals surface area contributed by atoms with E-state index in [1.165, 1.54) is 16.7 Å². The molecule has 27 heavy (non-hydrogen) atoms. The van der Waals surface area contributed by atoms with Crippen LogP contribution in [0.3, 0.4) is 0 Å². The van der Waals surface area contributed by atoms with Gasteiger partial charge in [0.1, 0.15) is 11.6 Å². The van der Waals surface area contributed by atoms with Crippen molar-refractivity contribution in [3.05, 3.63) is 59.1 Å². The van der Waals surface area contributed by atoms with Crippen LogP contribution >= 0.6 is 30.3 Å². The molecule has 1 saturated heterocycles. The van der Waals surface area contributed by atoms with Crippen LogP contribution in [0.4, 0.5) is 0 Å². The number of halogens is 1. The summed E-state index contributed by atoms with van der Waals surface area (Å²) >= 11 is 2.40. The number of hydrogen-bond acceptors (Lipinski definition) is 6. The third-order valence-corrected chi connectivity index (χ3v) is 7.29. The molecule has 1 fully saturated rings. The lowest BCUT2D eigenvalue weighted by atomic mass is 9.94. The van der Waals surface area contributed by atoms with Crippen molar-refractivity contribution < 1.29 is 4.74 Å². The number of aryl methyl sites for hydroxylation is 1. The van der Waals surface area contributed by atoms with Gasteiger partial charge in [-0.1, -0.05) is 36.4 Å². The normalized spacial score (nSPS) is 23.6. The van der Waals surface area contributed by atoms with Gasteiger partial charge in [0, 0.05) is 54.5 Å². The minimum absolute atomic E-state index is 0.213. The molecule has 2 unspecified atom stereocenters. The van der Waals surface area contributed by atoms with Gasteiger partial charge in [0.05, 0.1) is 25.2 Å². The Hall–Kier alpha value is -0.900. The van der Waals surface area contributed by atoms with Crippen LogP contribution in [0.5, 0.6) is 0 Å². The summed E-state index contributed by atoms with van der Waals surface area (Å²) < 4.78 is 8.61. The Balaban J connectivity index is 2.10. The highest BCUT2D eigenvalue weighted by Crippen LogP contribution is 2.48. The van der Waals surface area contributed by atoms with Gasteiger partial charge in [0.2, 0.25) is 0 Å². The second kappa shape index (κ2) is 8.63. The maximum absolute atomic E-state index is 6.15. The first-order chi connectivity index (χ1) is 12.9. The third-order valence-electron chi connectivity index (χ3n) is 5.23. The van der Waals surface area contributed by atoms with Crippen molar-refractivity contribution in [3.8, 4) is 0 Å². The van der Waals surface area contributed by atoms with Gasteiger partial charge in [0.15, 0.2) is 0 Å². The van der Waals surface area contributed by atoms with Crippen LogP contribution in [0.2, 0.25) is 0 Å². The van der Waals surface area contributed by atoms with Crippen LogP contribution in [0.25, 0.3) is 0 Å². The molecule has 5 nitrogen and oxygen atoms in total. The average Bonchev–Trinajstić information content (AvgIpc) is 3.01. The molecule has 148 valence electrons. The molecule has 0 spiro atoms. The van der Waals surface area contributed by atoms with Crippen molar-refractivity contribution in [1.29, 1.82) is 0 Å². The maximum Gasteiger partial charge on any atom is 0.115 e. The topological polar surface area (TPSA) is 22.2 Å². The van der Waals surface area contributed by atoms with E-state index in [4.69, 9.17) is 4.74 Å². The summed E-state index contributed by atoms with van der Waals surface area (Å²) in [7, 11) is 7.99. The Labute approximate surface area is 179 Å². The van der Waals surface area contributed by atoms with Crippen LogP contribution in [0, 0.1) is 6.92 Å². The Bertz CT molecular complexity index is 721. The molecular formula is C20H29IN4OS. The Morgan fingerprint density at radius 1 is 1.33 bits per heavy atom. The summed E-state index contributed by atoms with van der Waals surface area (Å²) in [5.74, 6) is 2.10. The van der Waals surface area contributed by atoms with Crippen molar-refractivity contribution in [2.75, 3.05) is 40.8 Å². The summed E-state index contributed by atoms with van der Waals surface area (Å²) in [5.41, 5.74) is 3.97. The molecule has 3 rings (SSSR count). The standard InChI is InChI=1S/C20H29IN4OS/c1-7-26-18-13-23(6)25(15(3)22(4)5)17-12-24(27-21)20(19(17)18)16-10-8-14(2)9-11-16/h8-11,17,20H,3,7,12-13H2,1-2,4-6H3. The first kappa shape index (κ1) is 20.8. The quantitative estimate of drug-likeness (QED) is 0.429. The minimum Gasteiger partial charge on any atom is -0.497 e. The van der Waals surface area contributed by atoms with E-state index in [1.807, 2.05) is 0 Å². The molecule has 0 aliphatic carbocycles. The molecule has 0 radical (unpaired) electrons. The first-order valence-electron chi connectivity index (χ1n) is 9.23. The molecule has 1 aromatic rings. The molecule has 0 bridgehead atoms. The predicted molar refractivity (Wildman–Crippen MR) is 122 cm³/mol. The smallest absolute Gasteiger partial charge is 0.115 e. The van der Waals surface area contributed by atoms with Crippen LogP contribution in [0.15, 0.2) is 48.0 Å². The highest BCUT2D eigenvalue weighted by Gasteiger charge is 2.47. The molecule has 2 aliphatic heterocycles. The van der Waals surface area contributed by atoms with Crippen molar-refractivity contribution in [1.82, 2.24) is 19.2 Å². The van der Waals surface area contributed by atoms with Gasteiger partial charge in [-0.2, -0.15) is 0 Å². The largest absolute Gasteiger partial charge is 0.497 e. The van der Waals surface area contributed by atoms with Crippen molar-refractivity contribution in [2.24, 2.45) is 0 Å². The summed E-state index contributed by atoms with van der Waals surface area (Å²) in [4.78, 5) is 2.08. The molecule has 7 heteroatoms. The van der Waals surface area contributed by atoms with Crippen molar-refractivity contribution >= 4 is 30.3 Å². The number of rotatable bonds is 6. The molecule has 0 amide bonds. The van der Waals surface area contributed by atoms with Crippen molar-refractivity contribution in [2.45, 2.75) is 25.9 Å². The molecule has 0 N–H and O–H groups in total. The molecule has 2 atom stereocenters. The van der Waals surface area contributed by atoms with Crippen LogP contribution in [0.1, 0.15) is 24.1 Å². The average molecular weight is 500 g/mol. The highest BCUT2D eigenvalue weighted by atomic mass is 127. The third kappa shape index (κ3) is 3.97. The lowest BCUT2D eigenvalue weighted by Gasteiger charge is -2.45. The fourth-order valence-corrected chi connectivity index (χ4v) is 5.60. The van der Waals surface area contributed by atoms with Crippen molar-refractivity contribution in [3.63, 3.8) is 0 Å². The van der Waals surface area contributed by atoms with Gasteiger partial charge in [-0.15, -0.1) is 0 Å². The summed E-state index contributed by atoms with van der Waals surface area (Å²) in [5, 5.41) is 4.56. The van der Waals surface area contributed by atoms with E-state index in [0.29, 0.717) is 6.61 Å². The van der Waals surface area contributed by atoms with E-state index in [0.717, 1.165) is 24.7 Å².